The van der Waals surface area contributed by atoms with Gasteiger partial charge in [-0.1, -0.05) is 6.42 Å². The van der Waals surface area contributed by atoms with Crippen molar-refractivity contribution in [2.45, 2.75) is 38.1 Å². The lowest BCUT2D eigenvalue weighted by Gasteiger charge is -2.40. The first kappa shape index (κ1) is 17.7. The fourth-order valence-corrected chi connectivity index (χ4v) is 4.85. The first-order chi connectivity index (χ1) is 13.8. The Hall–Kier alpha value is -2.34. The number of hydrogen-bond donors (Lipinski definition) is 0. The van der Waals surface area contributed by atoms with Crippen molar-refractivity contribution in [3.8, 4) is 11.4 Å². The highest BCUT2D eigenvalue weighted by atomic mass is 16.2. The van der Waals surface area contributed by atoms with Gasteiger partial charge in [-0.2, -0.15) is 0 Å². The first-order valence-corrected chi connectivity index (χ1v) is 10.5. The van der Waals surface area contributed by atoms with Gasteiger partial charge >= 0.3 is 0 Å². The van der Waals surface area contributed by atoms with Crippen molar-refractivity contribution < 1.29 is 4.79 Å². The Morgan fingerprint density at radius 3 is 2.50 bits per heavy atom. The van der Waals surface area contributed by atoms with Crippen LogP contribution in [0, 0.1) is 11.8 Å². The van der Waals surface area contributed by atoms with Crippen LogP contribution in [-0.4, -0.2) is 62.9 Å². The highest BCUT2D eigenvalue weighted by Crippen LogP contribution is 2.33. The maximum atomic E-state index is 13.1. The maximum Gasteiger partial charge on any atom is 0.257 e. The molecule has 1 saturated carbocycles. The van der Waals surface area contributed by atoms with Crippen molar-refractivity contribution >= 4 is 5.91 Å². The third-order valence-electron chi connectivity index (χ3n) is 6.67. The van der Waals surface area contributed by atoms with Gasteiger partial charge in [0, 0.05) is 62.6 Å². The molecule has 2 aromatic rings. The summed E-state index contributed by atoms with van der Waals surface area (Å²) in [5.41, 5.74) is 1.50. The average Bonchev–Trinajstić information content (AvgIpc) is 3.03. The molecule has 3 saturated heterocycles. The summed E-state index contributed by atoms with van der Waals surface area (Å²) in [6.07, 6.45) is 13.4. The molecule has 0 spiro atoms. The van der Waals surface area contributed by atoms with Crippen LogP contribution in [0.5, 0.6) is 0 Å². The standard InChI is InChI=1S/C22H27N5O/c28-22(19-10-24-21(25-11-19)18-6-8-23-9-7-18)27-14-17-4-5-20(15-27)26(13-17)12-16-2-1-3-16/h6-11,16-17,20H,1-5,12-15H2/t17-,20-/m0/s1. The molecular weight excluding hydrogens is 350 g/mol. The van der Waals surface area contributed by atoms with Gasteiger partial charge < -0.3 is 4.90 Å². The van der Waals surface area contributed by atoms with Crippen molar-refractivity contribution in [3.63, 3.8) is 0 Å². The van der Waals surface area contributed by atoms with Crippen LogP contribution >= 0.6 is 0 Å². The van der Waals surface area contributed by atoms with E-state index in [1.807, 2.05) is 17.0 Å². The highest BCUT2D eigenvalue weighted by molar-refractivity contribution is 5.93. The number of rotatable bonds is 4. The Morgan fingerprint density at radius 2 is 1.79 bits per heavy atom. The Labute approximate surface area is 166 Å². The predicted molar refractivity (Wildman–Crippen MR) is 107 cm³/mol. The summed E-state index contributed by atoms with van der Waals surface area (Å²) in [6, 6.07) is 4.26. The van der Waals surface area contributed by atoms with Crippen molar-refractivity contribution in [1.29, 1.82) is 0 Å². The van der Waals surface area contributed by atoms with E-state index in [9.17, 15) is 4.79 Å². The molecule has 1 aliphatic carbocycles. The molecule has 0 N–H and O–H groups in total. The number of hydrogen-bond acceptors (Lipinski definition) is 5. The maximum absolute atomic E-state index is 13.1. The van der Waals surface area contributed by atoms with Gasteiger partial charge in [-0.3, -0.25) is 14.7 Å². The molecule has 4 aliphatic rings. The zero-order valence-corrected chi connectivity index (χ0v) is 16.2. The zero-order chi connectivity index (χ0) is 18.9. The van der Waals surface area contributed by atoms with E-state index in [0.717, 1.165) is 31.1 Å². The number of piperidine rings is 1. The van der Waals surface area contributed by atoms with Gasteiger partial charge in [0.25, 0.3) is 5.91 Å². The molecule has 2 aromatic heterocycles. The monoisotopic (exact) mass is 377 g/mol. The second-order valence-electron chi connectivity index (χ2n) is 8.59. The number of pyridine rings is 1. The minimum absolute atomic E-state index is 0.0728. The van der Waals surface area contributed by atoms with Gasteiger partial charge in [0.15, 0.2) is 5.82 Å². The lowest BCUT2D eigenvalue weighted by molar-refractivity contribution is 0.0716. The van der Waals surface area contributed by atoms with E-state index < -0.39 is 0 Å². The van der Waals surface area contributed by atoms with Gasteiger partial charge in [-0.05, 0) is 49.7 Å². The second-order valence-corrected chi connectivity index (χ2v) is 8.59. The van der Waals surface area contributed by atoms with Gasteiger partial charge in [0.05, 0.1) is 5.56 Å². The summed E-state index contributed by atoms with van der Waals surface area (Å²) in [5, 5.41) is 0. The molecule has 6 nitrogen and oxygen atoms in total. The topological polar surface area (TPSA) is 62.2 Å². The predicted octanol–water partition coefficient (Wildman–Crippen LogP) is 2.88. The van der Waals surface area contributed by atoms with Crippen LogP contribution in [0.3, 0.4) is 0 Å². The van der Waals surface area contributed by atoms with Crippen LogP contribution in [0.4, 0.5) is 0 Å². The molecule has 2 atom stereocenters. The van der Waals surface area contributed by atoms with E-state index >= 15 is 0 Å². The summed E-state index contributed by atoms with van der Waals surface area (Å²) >= 11 is 0. The normalized spacial score (nSPS) is 25.4. The Morgan fingerprint density at radius 1 is 1.00 bits per heavy atom. The summed E-state index contributed by atoms with van der Waals surface area (Å²) < 4.78 is 0. The second kappa shape index (κ2) is 7.59. The Balaban J connectivity index is 1.29. The number of carbonyl (C=O) groups excluding carboxylic acids is 1. The van der Waals surface area contributed by atoms with E-state index in [2.05, 4.69) is 19.9 Å². The van der Waals surface area contributed by atoms with Crippen LogP contribution in [-0.2, 0) is 0 Å². The van der Waals surface area contributed by atoms with Crippen LogP contribution < -0.4 is 0 Å². The van der Waals surface area contributed by atoms with Crippen LogP contribution in [0.2, 0.25) is 0 Å². The number of fused-ring (bicyclic) bond motifs is 4. The van der Waals surface area contributed by atoms with E-state index in [1.165, 1.54) is 38.6 Å². The Bertz CT molecular complexity index is 821. The number of carbonyl (C=O) groups is 1. The lowest BCUT2D eigenvalue weighted by Crippen LogP contribution is -2.47. The van der Waals surface area contributed by atoms with Crippen LogP contribution in [0.25, 0.3) is 11.4 Å². The summed E-state index contributed by atoms with van der Waals surface area (Å²) in [7, 11) is 0. The molecule has 146 valence electrons. The smallest absolute Gasteiger partial charge is 0.257 e. The number of aromatic nitrogens is 3. The number of amides is 1. The summed E-state index contributed by atoms with van der Waals surface area (Å²) in [4.78, 5) is 30.7. The van der Waals surface area contributed by atoms with Crippen molar-refractivity contribution in [3.05, 3.63) is 42.5 Å². The lowest BCUT2D eigenvalue weighted by atomic mass is 9.83. The Kier molecular flexibility index (Phi) is 4.81. The minimum Gasteiger partial charge on any atom is -0.337 e. The SMILES string of the molecule is O=C(c1cnc(-c2ccncc2)nc1)N1C[C@H]2CC[C@@H](C1)N(CC1CCC1)C2. The van der Waals surface area contributed by atoms with E-state index in [-0.39, 0.29) is 5.91 Å². The fraction of sp³-hybridized carbons (Fsp3) is 0.545. The summed E-state index contributed by atoms with van der Waals surface area (Å²) in [6.45, 7) is 4.09. The largest absolute Gasteiger partial charge is 0.337 e. The fourth-order valence-electron chi connectivity index (χ4n) is 4.85. The molecule has 5 heterocycles. The molecule has 0 radical (unpaired) electrons. The van der Waals surface area contributed by atoms with Crippen molar-refractivity contribution in [2.24, 2.45) is 11.8 Å². The highest BCUT2D eigenvalue weighted by Gasteiger charge is 2.38. The van der Waals surface area contributed by atoms with Crippen LogP contribution in [0.1, 0.15) is 42.5 Å². The van der Waals surface area contributed by atoms with Crippen LogP contribution in [0.15, 0.2) is 36.9 Å². The minimum atomic E-state index is 0.0728. The molecule has 2 bridgehead atoms. The van der Waals surface area contributed by atoms with E-state index in [0.29, 0.717) is 23.3 Å². The molecule has 1 amide bonds. The van der Waals surface area contributed by atoms with Gasteiger partial charge in [-0.25, -0.2) is 9.97 Å². The van der Waals surface area contributed by atoms with E-state index in [4.69, 9.17) is 0 Å². The molecule has 0 aromatic carbocycles. The van der Waals surface area contributed by atoms with Crippen molar-refractivity contribution in [2.75, 3.05) is 26.2 Å². The third kappa shape index (κ3) is 3.53. The molecule has 6 heteroatoms. The first-order valence-electron chi connectivity index (χ1n) is 10.5. The molecular formula is C22H27N5O. The molecule has 0 unspecified atom stereocenters. The van der Waals surface area contributed by atoms with Gasteiger partial charge in [0.1, 0.15) is 0 Å². The van der Waals surface area contributed by atoms with Gasteiger partial charge in [-0.15, -0.1) is 0 Å². The quantitative estimate of drug-likeness (QED) is 0.820. The molecule has 4 fully saturated rings. The third-order valence-corrected chi connectivity index (χ3v) is 6.67. The van der Waals surface area contributed by atoms with Gasteiger partial charge in [0.2, 0.25) is 0 Å². The summed E-state index contributed by atoms with van der Waals surface area (Å²) in [5.74, 6) is 2.18. The molecule has 28 heavy (non-hydrogen) atoms. The zero-order valence-electron chi connectivity index (χ0n) is 16.2. The average molecular weight is 377 g/mol. The van der Waals surface area contributed by atoms with Crippen molar-refractivity contribution in [1.82, 2.24) is 24.8 Å². The number of nitrogens with zero attached hydrogens (tertiary/aromatic N) is 5. The van der Waals surface area contributed by atoms with E-state index in [1.54, 1.807) is 24.8 Å². The molecule has 3 aliphatic heterocycles. The molecule has 6 rings (SSSR count).